The molecule has 0 saturated heterocycles. The van der Waals surface area contributed by atoms with Gasteiger partial charge in [0, 0.05) is 4.70 Å². The number of carbonyl (C=O) groups excluding carboxylic acids is 1. The van der Waals surface area contributed by atoms with Crippen molar-refractivity contribution in [3.8, 4) is 5.75 Å². The van der Waals surface area contributed by atoms with Crippen molar-refractivity contribution in [3.05, 3.63) is 65.5 Å². The molecule has 21 heavy (non-hydrogen) atoms. The van der Waals surface area contributed by atoms with Crippen molar-refractivity contribution < 1.29 is 9.53 Å². The number of carbonyl (C=O) groups is 1. The van der Waals surface area contributed by atoms with Crippen molar-refractivity contribution in [2.75, 3.05) is 13.2 Å². The van der Waals surface area contributed by atoms with Crippen molar-refractivity contribution >= 4 is 27.3 Å². The Morgan fingerprint density at radius 2 is 1.81 bits per heavy atom. The summed E-state index contributed by atoms with van der Waals surface area (Å²) in [6.07, 6.45) is 0. The molecule has 0 saturated carbocycles. The van der Waals surface area contributed by atoms with Crippen molar-refractivity contribution in [1.82, 2.24) is 5.32 Å². The van der Waals surface area contributed by atoms with E-state index in [4.69, 9.17) is 4.74 Å². The van der Waals surface area contributed by atoms with Crippen LogP contribution in [0.3, 0.4) is 0 Å². The molecule has 0 aliphatic heterocycles. The van der Waals surface area contributed by atoms with Crippen LogP contribution in [0.15, 0.2) is 60.7 Å². The first kappa shape index (κ1) is 13.6. The summed E-state index contributed by atoms with van der Waals surface area (Å²) in [5.41, 5.74) is 0. The number of ether oxygens (including phenoxy) is 1. The summed E-state index contributed by atoms with van der Waals surface area (Å²) in [6.45, 7) is 0.947. The summed E-state index contributed by atoms with van der Waals surface area (Å²) in [7, 11) is 0. The van der Waals surface area contributed by atoms with E-state index in [2.05, 4.69) is 5.32 Å². The Kier molecular flexibility index (Phi) is 4.17. The fourth-order valence-corrected chi connectivity index (χ4v) is 3.01. The second-order valence-corrected chi connectivity index (χ2v) is 5.65. The predicted octanol–water partition coefficient (Wildman–Crippen LogP) is 3.71. The molecule has 1 N–H and O–H groups in total. The number of hydrogen-bond acceptors (Lipinski definition) is 3. The molecule has 0 unspecified atom stereocenters. The largest absolute Gasteiger partial charge is 0.492 e. The molecule has 0 atom stereocenters. The van der Waals surface area contributed by atoms with Gasteiger partial charge in [-0.15, -0.1) is 11.3 Å². The van der Waals surface area contributed by atoms with E-state index < -0.39 is 0 Å². The highest BCUT2D eigenvalue weighted by Gasteiger charge is 2.09. The van der Waals surface area contributed by atoms with Gasteiger partial charge in [-0.25, -0.2) is 0 Å². The molecule has 0 bridgehead atoms. The second-order valence-electron chi connectivity index (χ2n) is 4.57. The number of nitrogens with one attached hydrogen (secondary N) is 1. The van der Waals surface area contributed by atoms with Crippen molar-refractivity contribution in [2.45, 2.75) is 0 Å². The highest BCUT2D eigenvalue weighted by molar-refractivity contribution is 7.20. The molecule has 4 heteroatoms. The van der Waals surface area contributed by atoms with Crippen LogP contribution in [0.5, 0.6) is 5.75 Å². The molecular weight excluding hydrogens is 282 g/mol. The first-order valence-electron chi connectivity index (χ1n) is 6.77. The Labute approximate surface area is 127 Å². The number of fused-ring (bicyclic) bond motifs is 1. The van der Waals surface area contributed by atoms with E-state index in [1.807, 2.05) is 60.7 Å². The highest BCUT2D eigenvalue weighted by Crippen LogP contribution is 2.24. The molecule has 0 aliphatic carbocycles. The van der Waals surface area contributed by atoms with E-state index in [0.29, 0.717) is 13.2 Å². The smallest absolute Gasteiger partial charge is 0.261 e. The maximum absolute atomic E-state index is 12.1. The van der Waals surface area contributed by atoms with Gasteiger partial charge in [-0.2, -0.15) is 0 Å². The lowest BCUT2D eigenvalue weighted by Gasteiger charge is -2.06. The molecule has 3 rings (SSSR count). The minimum atomic E-state index is -0.0483. The van der Waals surface area contributed by atoms with Gasteiger partial charge in [0.15, 0.2) is 0 Å². The summed E-state index contributed by atoms with van der Waals surface area (Å²) >= 11 is 1.51. The Bertz CT molecular complexity index is 704. The number of benzene rings is 2. The van der Waals surface area contributed by atoms with Crippen LogP contribution in [0.4, 0.5) is 0 Å². The van der Waals surface area contributed by atoms with Gasteiger partial charge in [-0.1, -0.05) is 36.4 Å². The van der Waals surface area contributed by atoms with E-state index in [-0.39, 0.29) is 5.91 Å². The lowest BCUT2D eigenvalue weighted by Crippen LogP contribution is -2.27. The molecule has 2 aromatic carbocycles. The molecule has 0 aliphatic rings. The normalized spacial score (nSPS) is 10.5. The Morgan fingerprint density at radius 1 is 1.05 bits per heavy atom. The zero-order valence-corrected chi connectivity index (χ0v) is 12.2. The lowest BCUT2D eigenvalue weighted by molar-refractivity contribution is 0.0951. The third-order valence-electron chi connectivity index (χ3n) is 3.05. The minimum absolute atomic E-state index is 0.0483. The average Bonchev–Trinajstić information content (AvgIpc) is 2.96. The molecule has 0 spiro atoms. The van der Waals surface area contributed by atoms with Gasteiger partial charge in [0.1, 0.15) is 12.4 Å². The number of rotatable bonds is 5. The van der Waals surface area contributed by atoms with Crippen LogP contribution in [0, 0.1) is 0 Å². The summed E-state index contributed by atoms with van der Waals surface area (Å²) in [5.74, 6) is 0.765. The molecular formula is C17H15NO2S. The maximum Gasteiger partial charge on any atom is 0.261 e. The molecule has 106 valence electrons. The lowest BCUT2D eigenvalue weighted by atomic mass is 10.2. The second kappa shape index (κ2) is 6.41. The summed E-state index contributed by atoms with van der Waals surface area (Å²) in [5, 5.41) is 3.98. The van der Waals surface area contributed by atoms with Gasteiger partial charge >= 0.3 is 0 Å². The molecule has 1 amide bonds. The zero-order valence-electron chi connectivity index (χ0n) is 11.4. The van der Waals surface area contributed by atoms with E-state index in [1.54, 1.807) is 0 Å². The first-order valence-corrected chi connectivity index (χ1v) is 7.59. The monoisotopic (exact) mass is 297 g/mol. The summed E-state index contributed by atoms with van der Waals surface area (Å²) in [4.78, 5) is 12.8. The number of thiophene rings is 1. The Morgan fingerprint density at radius 3 is 2.62 bits per heavy atom. The van der Waals surface area contributed by atoms with Crippen molar-refractivity contribution in [2.24, 2.45) is 0 Å². The molecule has 1 heterocycles. The quantitative estimate of drug-likeness (QED) is 0.729. The molecule has 0 fully saturated rings. The van der Waals surface area contributed by atoms with Gasteiger partial charge < -0.3 is 10.1 Å². The Balaban J connectivity index is 1.52. The van der Waals surface area contributed by atoms with Crippen LogP contribution in [-0.2, 0) is 0 Å². The zero-order chi connectivity index (χ0) is 14.5. The Hall–Kier alpha value is -2.33. The fraction of sp³-hybridized carbons (Fsp3) is 0.118. The van der Waals surface area contributed by atoms with Crippen molar-refractivity contribution in [3.63, 3.8) is 0 Å². The number of para-hydroxylation sites is 1. The number of hydrogen-bond donors (Lipinski definition) is 1. The molecule has 0 radical (unpaired) electrons. The van der Waals surface area contributed by atoms with Crippen LogP contribution < -0.4 is 10.1 Å². The van der Waals surface area contributed by atoms with Gasteiger partial charge in [0.2, 0.25) is 0 Å². The van der Waals surface area contributed by atoms with E-state index in [0.717, 1.165) is 20.7 Å². The minimum Gasteiger partial charge on any atom is -0.492 e. The van der Waals surface area contributed by atoms with Crippen LogP contribution in [0.2, 0.25) is 0 Å². The SMILES string of the molecule is O=C(NCCOc1ccccc1)c1cc2ccccc2s1. The van der Waals surface area contributed by atoms with Gasteiger partial charge in [-0.3, -0.25) is 4.79 Å². The van der Waals surface area contributed by atoms with Gasteiger partial charge in [0.25, 0.3) is 5.91 Å². The summed E-state index contributed by atoms with van der Waals surface area (Å²) < 4.78 is 6.67. The molecule has 3 nitrogen and oxygen atoms in total. The highest BCUT2D eigenvalue weighted by atomic mass is 32.1. The molecule has 1 aromatic heterocycles. The third-order valence-corrected chi connectivity index (χ3v) is 4.16. The van der Waals surface area contributed by atoms with E-state index in [9.17, 15) is 4.79 Å². The predicted molar refractivity (Wildman–Crippen MR) is 86.1 cm³/mol. The van der Waals surface area contributed by atoms with Crippen LogP contribution in [-0.4, -0.2) is 19.1 Å². The third kappa shape index (κ3) is 3.41. The topological polar surface area (TPSA) is 38.3 Å². The van der Waals surface area contributed by atoms with E-state index >= 15 is 0 Å². The fourth-order valence-electron chi connectivity index (χ4n) is 2.03. The first-order chi connectivity index (χ1) is 10.3. The average molecular weight is 297 g/mol. The van der Waals surface area contributed by atoms with Crippen LogP contribution in [0.1, 0.15) is 9.67 Å². The maximum atomic E-state index is 12.1. The van der Waals surface area contributed by atoms with Gasteiger partial charge in [0.05, 0.1) is 11.4 Å². The summed E-state index contributed by atoms with van der Waals surface area (Å²) in [6, 6.07) is 19.5. The number of amides is 1. The van der Waals surface area contributed by atoms with Crippen molar-refractivity contribution in [1.29, 1.82) is 0 Å². The van der Waals surface area contributed by atoms with Crippen LogP contribution in [0.25, 0.3) is 10.1 Å². The van der Waals surface area contributed by atoms with E-state index in [1.165, 1.54) is 11.3 Å². The molecule has 3 aromatic rings. The standard InChI is InChI=1S/C17H15NO2S/c19-17(16-12-13-6-4-5-9-15(13)21-16)18-10-11-20-14-7-2-1-3-8-14/h1-9,12H,10-11H2,(H,18,19). The van der Waals surface area contributed by atoms with Gasteiger partial charge in [-0.05, 0) is 29.7 Å². The van der Waals surface area contributed by atoms with Crippen LogP contribution >= 0.6 is 11.3 Å².